The maximum Gasteiger partial charge on any atom is 0.306 e. The maximum atomic E-state index is 12.8. The highest BCUT2D eigenvalue weighted by molar-refractivity contribution is 5.70. The summed E-state index contributed by atoms with van der Waals surface area (Å²) in [5.41, 5.74) is 1.80. The molecule has 1 aromatic carbocycles. The largest absolute Gasteiger partial charge is 0.491 e. The summed E-state index contributed by atoms with van der Waals surface area (Å²) < 4.78 is 35.4. The lowest BCUT2D eigenvalue weighted by Gasteiger charge is -2.42. The number of ether oxygens (including phenoxy) is 6. The lowest BCUT2D eigenvalue weighted by atomic mass is 9.68. The van der Waals surface area contributed by atoms with Crippen molar-refractivity contribution in [2.75, 3.05) is 26.9 Å². The molecule has 6 atom stereocenters. The van der Waals surface area contributed by atoms with E-state index in [1.165, 1.54) is 5.57 Å². The van der Waals surface area contributed by atoms with E-state index in [0.717, 1.165) is 37.2 Å². The Morgan fingerprint density at radius 1 is 1.19 bits per heavy atom. The average Bonchev–Trinajstić information content (AvgIpc) is 3.78. The highest BCUT2D eigenvalue weighted by Crippen LogP contribution is 2.59. The number of aryl methyl sites for hydroxylation is 1. The first kappa shape index (κ1) is 28.1. The van der Waals surface area contributed by atoms with Gasteiger partial charge in [0.2, 0.25) is 0 Å². The molecule has 4 rings (SSSR count). The molecule has 1 spiro atoms. The topological polar surface area (TPSA) is 79.1 Å². The van der Waals surface area contributed by atoms with Gasteiger partial charge in [-0.2, -0.15) is 0 Å². The third-order valence-electron chi connectivity index (χ3n) is 7.86. The van der Waals surface area contributed by atoms with E-state index >= 15 is 0 Å². The summed E-state index contributed by atoms with van der Waals surface area (Å²) in [6, 6.07) is 7.85. The van der Waals surface area contributed by atoms with Crippen molar-refractivity contribution in [2.24, 2.45) is 5.92 Å². The number of carbonyl (C=O) groups is 1. The van der Waals surface area contributed by atoms with E-state index in [9.17, 15) is 4.79 Å². The first-order valence-electron chi connectivity index (χ1n) is 13.7. The summed E-state index contributed by atoms with van der Waals surface area (Å²) in [6.45, 7) is 12.2. The van der Waals surface area contributed by atoms with Crippen molar-refractivity contribution in [3.8, 4) is 5.75 Å². The monoisotopic (exact) mass is 516 g/mol. The molecule has 3 aliphatic rings. The average molecular weight is 517 g/mol. The van der Waals surface area contributed by atoms with Gasteiger partial charge in [0.25, 0.3) is 0 Å². The van der Waals surface area contributed by atoms with Gasteiger partial charge in [-0.15, -0.1) is 0 Å². The molecule has 7 heteroatoms. The Morgan fingerprint density at radius 3 is 2.54 bits per heavy atom. The van der Waals surface area contributed by atoms with E-state index in [4.69, 9.17) is 28.4 Å². The van der Waals surface area contributed by atoms with Gasteiger partial charge in [0, 0.05) is 13.5 Å². The molecule has 3 fully saturated rings. The second-order valence-electron chi connectivity index (χ2n) is 11.3. The molecule has 206 valence electrons. The quantitative estimate of drug-likeness (QED) is 0.157. The lowest BCUT2D eigenvalue weighted by molar-refractivity contribution is -0.171. The molecule has 1 saturated carbocycles. The molecular weight excluding hydrogens is 472 g/mol. The summed E-state index contributed by atoms with van der Waals surface area (Å²) in [4.78, 5) is 12.8. The van der Waals surface area contributed by atoms with Crippen molar-refractivity contribution in [2.45, 2.75) is 102 Å². The van der Waals surface area contributed by atoms with Crippen molar-refractivity contribution in [1.29, 1.82) is 0 Å². The zero-order valence-electron chi connectivity index (χ0n) is 23.3. The summed E-state index contributed by atoms with van der Waals surface area (Å²) in [6.07, 6.45) is 5.40. The Kier molecular flexibility index (Phi) is 9.00. The fourth-order valence-electron chi connectivity index (χ4n) is 5.74. The lowest BCUT2D eigenvalue weighted by Crippen LogP contribution is -2.55. The first-order chi connectivity index (χ1) is 17.7. The van der Waals surface area contributed by atoms with Crippen LogP contribution in [0.5, 0.6) is 5.75 Å². The van der Waals surface area contributed by atoms with Crippen LogP contribution in [0.25, 0.3) is 0 Å². The third-order valence-corrected chi connectivity index (χ3v) is 7.86. The Hall–Kier alpha value is -1.93. The van der Waals surface area contributed by atoms with E-state index in [1.807, 2.05) is 38.1 Å². The molecule has 1 aliphatic carbocycles. The smallest absolute Gasteiger partial charge is 0.306 e. The Morgan fingerprint density at radius 2 is 1.92 bits per heavy atom. The predicted molar refractivity (Wildman–Crippen MR) is 141 cm³/mol. The number of benzene rings is 1. The molecule has 2 aliphatic heterocycles. The van der Waals surface area contributed by atoms with Crippen molar-refractivity contribution in [1.82, 2.24) is 0 Å². The van der Waals surface area contributed by atoms with Crippen LogP contribution in [0.4, 0.5) is 0 Å². The van der Waals surface area contributed by atoms with Gasteiger partial charge in [0.15, 0.2) is 0 Å². The van der Waals surface area contributed by atoms with Crippen LogP contribution in [0.15, 0.2) is 35.9 Å². The fraction of sp³-hybridized carbons (Fsp3) is 0.700. The van der Waals surface area contributed by atoms with Crippen LogP contribution in [0.2, 0.25) is 0 Å². The standard InChI is InChI=1S/C30H44O7/c1-20(2)7-13-25-29(5,37-25)28-27(32-6)24(15-16-30(28)19-35-30)36-26(31)14-10-22-8-11-23(12-9-22)34-18-17-33-21(3)4/h7-9,11-12,21,24-25,27-28H,10,13-19H2,1-6H3/t24-,25?,27-,28-,29?,30+/m1/s1. The molecule has 2 saturated heterocycles. The third kappa shape index (κ3) is 6.94. The highest BCUT2D eigenvalue weighted by atomic mass is 16.6. The van der Waals surface area contributed by atoms with Crippen LogP contribution in [0, 0.1) is 5.92 Å². The molecule has 0 N–H and O–H groups in total. The van der Waals surface area contributed by atoms with Gasteiger partial charge in [-0.25, -0.2) is 0 Å². The van der Waals surface area contributed by atoms with Gasteiger partial charge in [-0.05, 0) is 78.0 Å². The van der Waals surface area contributed by atoms with E-state index in [-0.39, 0.29) is 47.5 Å². The number of allylic oxidation sites excluding steroid dienone is 1. The second-order valence-corrected chi connectivity index (χ2v) is 11.3. The van der Waals surface area contributed by atoms with E-state index in [2.05, 4.69) is 26.8 Å². The molecule has 37 heavy (non-hydrogen) atoms. The highest BCUT2D eigenvalue weighted by Gasteiger charge is 2.72. The molecule has 0 aromatic heterocycles. The Bertz CT molecular complexity index is 932. The van der Waals surface area contributed by atoms with Gasteiger partial charge in [0.05, 0.1) is 31.3 Å². The van der Waals surface area contributed by atoms with Crippen LogP contribution in [0.1, 0.15) is 65.9 Å². The fourth-order valence-corrected chi connectivity index (χ4v) is 5.74. The summed E-state index contributed by atoms with van der Waals surface area (Å²) in [7, 11) is 1.70. The zero-order chi connectivity index (χ0) is 26.6. The van der Waals surface area contributed by atoms with Crippen LogP contribution < -0.4 is 4.74 Å². The first-order valence-corrected chi connectivity index (χ1v) is 13.7. The van der Waals surface area contributed by atoms with Crippen molar-refractivity contribution >= 4 is 5.97 Å². The minimum atomic E-state index is -0.334. The van der Waals surface area contributed by atoms with Gasteiger partial charge in [0.1, 0.15) is 35.8 Å². The predicted octanol–water partition coefficient (Wildman–Crippen LogP) is 5.04. The van der Waals surface area contributed by atoms with E-state index in [1.54, 1.807) is 7.11 Å². The molecule has 1 aromatic rings. The summed E-state index contributed by atoms with van der Waals surface area (Å²) >= 11 is 0. The number of epoxide rings is 2. The molecule has 0 bridgehead atoms. The second kappa shape index (κ2) is 11.9. The van der Waals surface area contributed by atoms with E-state index in [0.29, 0.717) is 26.1 Å². The Labute approximate surface area is 221 Å². The van der Waals surface area contributed by atoms with Crippen molar-refractivity contribution in [3.05, 3.63) is 41.5 Å². The van der Waals surface area contributed by atoms with Crippen LogP contribution in [-0.2, 0) is 34.9 Å². The summed E-state index contributed by atoms with van der Waals surface area (Å²) in [5, 5.41) is 0. The van der Waals surface area contributed by atoms with Crippen LogP contribution in [0.3, 0.4) is 0 Å². The molecular formula is C30H44O7. The minimum Gasteiger partial charge on any atom is -0.491 e. The van der Waals surface area contributed by atoms with Crippen LogP contribution in [-0.4, -0.2) is 68.5 Å². The number of esters is 1. The molecule has 0 amide bonds. The SMILES string of the molecule is CO[C@H]1[C@H](C2(C)OC2CC=C(C)C)[C@]2(CC[C@H]1OC(=O)CCc1ccc(OCCOC(C)C)cc1)CO2. The number of methoxy groups -OCH3 is 1. The van der Waals surface area contributed by atoms with Gasteiger partial charge in [-0.1, -0.05) is 23.8 Å². The number of rotatable bonds is 13. The number of hydrogen-bond acceptors (Lipinski definition) is 7. The Balaban J connectivity index is 1.28. The van der Waals surface area contributed by atoms with Gasteiger partial charge >= 0.3 is 5.97 Å². The van der Waals surface area contributed by atoms with Crippen molar-refractivity contribution < 1.29 is 33.2 Å². The molecule has 2 heterocycles. The normalized spacial score (nSPS) is 32.3. The van der Waals surface area contributed by atoms with Crippen molar-refractivity contribution in [3.63, 3.8) is 0 Å². The van der Waals surface area contributed by atoms with Crippen LogP contribution >= 0.6 is 0 Å². The van der Waals surface area contributed by atoms with E-state index < -0.39 is 0 Å². The number of hydrogen-bond donors (Lipinski definition) is 0. The molecule has 2 unspecified atom stereocenters. The zero-order valence-corrected chi connectivity index (χ0v) is 23.3. The van der Waals surface area contributed by atoms with Gasteiger partial charge < -0.3 is 28.4 Å². The maximum absolute atomic E-state index is 12.8. The van der Waals surface area contributed by atoms with Gasteiger partial charge in [-0.3, -0.25) is 4.79 Å². The number of carbonyl (C=O) groups excluding carboxylic acids is 1. The minimum absolute atomic E-state index is 0.0330. The molecule has 7 nitrogen and oxygen atoms in total. The molecule has 0 radical (unpaired) electrons. The summed E-state index contributed by atoms with van der Waals surface area (Å²) in [5.74, 6) is 0.628.